The van der Waals surface area contributed by atoms with E-state index in [2.05, 4.69) is 12.2 Å². The van der Waals surface area contributed by atoms with Gasteiger partial charge in [0.05, 0.1) is 0 Å². The van der Waals surface area contributed by atoms with Gasteiger partial charge in [-0.25, -0.2) is 4.39 Å². The molecule has 0 spiro atoms. The van der Waals surface area contributed by atoms with Gasteiger partial charge in [-0.1, -0.05) is 24.6 Å². The van der Waals surface area contributed by atoms with Crippen molar-refractivity contribution in [1.82, 2.24) is 5.32 Å². The van der Waals surface area contributed by atoms with Crippen LogP contribution >= 0.6 is 11.6 Å². The van der Waals surface area contributed by atoms with Crippen LogP contribution in [0.1, 0.15) is 31.9 Å². The van der Waals surface area contributed by atoms with E-state index in [1.807, 2.05) is 6.92 Å². The summed E-state index contributed by atoms with van der Waals surface area (Å²) in [5, 5.41) is 3.66. The van der Waals surface area contributed by atoms with Crippen LogP contribution in [0, 0.1) is 5.82 Å². The number of halogens is 2. The molecule has 0 aliphatic carbocycles. The third-order valence-corrected chi connectivity index (χ3v) is 2.36. The lowest BCUT2D eigenvalue weighted by molar-refractivity contribution is 0.527. The number of hydrogen-bond acceptors (Lipinski definition) is 1. The van der Waals surface area contributed by atoms with E-state index >= 15 is 0 Å². The molecule has 0 bridgehead atoms. The topological polar surface area (TPSA) is 12.0 Å². The first-order valence-electron chi connectivity index (χ1n) is 4.83. The van der Waals surface area contributed by atoms with Crippen molar-refractivity contribution >= 4 is 11.6 Å². The van der Waals surface area contributed by atoms with Crippen LogP contribution in [0.4, 0.5) is 4.39 Å². The average molecular weight is 216 g/mol. The maximum Gasteiger partial charge on any atom is 0.129 e. The van der Waals surface area contributed by atoms with Gasteiger partial charge in [0, 0.05) is 16.6 Å². The number of nitrogens with one attached hydrogen (secondary N) is 1. The van der Waals surface area contributed by atoms with Crippen molar-refractivity contribution in [2.75, 3.05) is 6.54 Å². The zero-order valence-corrected chi connectivity index (χ0v) is 9.24. The maximum absolute atomic E-state index is 13.4. The van der Waals surface area contributed by atoms with Gasteiger partial charge in [0.1, 0.15) is 5.82 Å². The average Bonchev–Trinajstić information content (AvgIpc) is 2.14. The fraction of sp³-hybridized carbons (Fsp3) is 0.455. The van der Waals surface area contributed by atoms with Gasteiger partial charge in [0.2, 0.25) is 0 Å². The Kier molecular flexibility index (Phi) is 4.36. The smallest absolute Gasteiger partial charge is 0.129 e. The van der Waals surface area contributed by atoms with Crippen molar-refractivity contribution in [1.29, 1.82) is 0 Å². The largest absolute Gasteiger partial charge is 0.310 e. The van der Waals surface area contributed by atoms with E-state index in [-0.39, 0.29) is 11.9 Å². The van der Waals surface area contributed by atoms with Crippen LogP contribution in [0.2, 0.25) is 5.02 Å². The summed E-state index contributed by atoms with van der Waals surface area (Å²) >= 11 is 5.67. The summed E-state index contributed by atoms with van der Waals surface area (Å²) in [5.41, 5.74) is 0.669. The van der Waals surface area contributed by atoms with Crippen LogP contribution in [-0.2, 0) is 0 Å². The van der Waals surface area contributed by atoms with Crippen molar-refractivity contribution in [3.63, 3.8) is 0 Å². The SMILES string of the molecule is CCCNC(C)c1ccc(Cl)cc1F. The van der Waals surface area contributed by atoms with Crippen molar-refractivity contribution in [3.8, 4) is 0 Å². The minimum atomic E-state index is -0.242. The molecule has 1 N–H and O–H groups in total. The number of rotatable bonds is 4. The Balaban J connectivity index is 2.74. The van der Waals surface area contributed by atoms with E-state index < -0.39 is 0 Å². The zero-order valence-electron chi connectivity index (χ0n) is 8.48. The highest BCUT2D eigenvalue weighted by molar-refractivity contribution is 6.30. The first kappa shape index (κ1) is 11.5. The molecule has 0 aromatic heterocycles. The second-order valence-corrected chi connectivity index (χ2v) is 3.78. The Morgan fingerprint density at radius 1 is 1.50 bits per heavy atom. The van der Waals surface area contributed by atoms with Gasteiger partial charge in [0.25, 0.3) is 0 Å². The van der Waals surface area contributed by atoms with Crippen molar-refractivity contribution < 1.29 is 4.39 Å². The third-order valence-electron chi connectivity index (χ3n) is 2.13. The molecular formula is C11H15ClFN. The molecule has 1 rings (SSSR count). The fourth-order valence-electron chi connectivity index (χ4n) is 1.32. The number of hydrogen-bond donors (Lipinski definition) is 1. The molecule has 78 valence electrons. The summed E-state index contributed by atoms with van der Waals surface area (Å²) < 4.78 is 13.4. The predicted molar refractivity (Wildman–Crippen MR) is 58.1 cm³/mol. The molecule has 1 nitrogen and oxygen atoms in total. The van der Waals surface area contributed by atoms with Gasteiger partial charge in [0.15, 0.2) is 0 Å². The van der Waals surface area contributed by atoms with E-state index in [0.29, 0.717) is 10.6 Å². The molecule has 1 aromatic carbocycles. The summed E-state index contributed by atoms with van der Waals surface area (Å²) in [4.78, 5) is 0. The van der Waals surface area contributed by atoms with Crippen LogP contribution in [-0.4, -0.2) is 6.54 Å². The third kappa shape index (κ3) is 2.96. The van der Waals surface area contributed by atoms with Crippen molar-refractivity contribution in [2.24, 2.45) is 0 Å². The summed E-state index contributed by atoms with van der Waals surface area (Å²) in [6.45, 7) is 4.92. The van der Waals surface area contributed by atoms with Crippen molar-refractivity contribution in [3.05, 3.63) is 34.6 Å². The molecule has 0 saturated carbocycles. The van der Waals surface area contributed by atoms with E-state index in [1.165, 1.54) is 6.07 Å². The second-order valence-electron chi connectivity index (χ2n) is 3.34. The molecule has 1 aromatic rings. The molecule has 14 heavy (non-hydrogen) atoms. The predicted octanol–water partition coefficient (Wildman–Crippen LogP) is 3.54. The van der Waals surface area contributed by atoms with Crippen molar-refractivity contribution in [2.45, 2.75) is 26.3 Å². The Hall–Kier alpha value is -0.600. The summed E-state index contributed by atoms with van der Waals surface area (Å²) in [5.74, 6) is -0.242. The highest BCUT2D eigenvalue weighted by Gasteiger charge is 2.09. The van der Waals surface area contributed by atoms with Gasteiger partial charge < -0.3 is 5.32 Å². The van der Waals surface area contributed by atoms with E-state index in [1.54, 1.807) is 12.1 Å². The van der Waals surface area contributed by atoms with Crippen LogP contribution < -0.4 is 5.32 Å². The lowest BCUT2D eigenvalue weighted by atomic mass is 10.1. The molecule has 0 fully saturated rings. The van der Waals surface area contributed by atoms with Gasteiger partial charge in [-0.15, -0.1) is 0 Å². The molecular weight excluding hydrogens is 201 g/mol. The fourth-order valence-corrected chi connectivity index (χ4v) is 1.48. The molecule has 1 unspecified atom stereocenters. The van der Waals surface area contributed by atoms with Gasteiger partial charge in [-0.3, -0.25) is 0 Å². The van der Waals surface area contributed by atoms with E-state index in [9.17, 15) is 4.39 Å². The minimum Gasteiger partial charge on any atom is -0.310 e. The van der Waals surface area contributed by atoms with Crippen LogP contribution in [0.15, 0.2) is 18.2 Å². The molecule has 0 radical (unpaired) electrons. The normalized spacial score (nSPS) is 12.9. The molecule has 3 heteroatoms. The molecule has 1 atom stereocenters. The minimum absolute atomic E-state index is 0.0345. The van der Waals surface area contributed by atoms with E-state index in [4.69, 9.17) is 11.6 Å². The lowest BCUT2D eigenvalue weighted by Gasteiger charge is -2.14. The lowest BCUT2D eigenvalue weighted by Crippen LogP contribution is -2.20. The van der Waals surface area contributed by atoms with Crippen LogP contribution in [0.25, 0.3) is 0 Å². The Morgan fingerprint density at radius 2 is 2.21 bits per heavy atom. The molecule has 0 aliphatic rings. The Bertz CT molecular complexity index is 301. The molecule has 0 heterocycles. The first-order valence-corrected chi connectivity index (χ1v) is 5.21. The summed E-state index contributed by atoms with van der Waals surface area (Å²) in [7, 11) is 0. The molecule has 0 amide bonds. The molecule has 0 saturated heterocycles. The molecule has 0 aliphatic heterocycles. The quantitative estimate of drug-likeness (QED) is 0.810. The zero-order chi connectivity index (χ0) is 10.6. The van der Waals surface area contributed by atoms with Gasteiger partial charge >= 0.3 is 0 Å². The summed E-state index contributed by atoms with van der Waals surface area (Å²) in [6, 6.07) is 4.82. The monoisotopic (exact) mass is 215 g/mol. The second kappa shape index (κ2) is 5.32. The standard InChI is InChI=1S/C11H15ClFN/c1-3-6-14-8(2)10-5-4-9(12)7-11(10)13/h4-5,7-8,14H,3,6H2,1-2H3. The maximum atomic E-state index is 13.4. The first-order chi connectivity index (χ1) is 6.65. The Morgan fingerprint density at radius 3 is 2.79 bits per heavy atom. The van der Waals surface area contributed by atoms with Gasteiger partial charge in [-0.05, 0) is 32.0 Å². The highest BCUT2D eigenvalue weighted by Crippen LogP contribution is 2.20. The summed E-state index contributed by atoms with van der Waals surface area (Å²) in [6.07, 6.45) is 1.04. The highest BCUT2D eigenvalue weighted by atomic mass is 35.5. The Labute approximate surface area is 89.3 Å². The van der Waals surface area contributed by atoms with Crippen LogP contribution in [0.3, 0.4) is 0 Å². The van der Waals surface area contributed by atoms with Gasteiger partial charge in [-0.2, -0.15) is 0 Å². The number of benzene rings is 1. The van der Waals surface area contributed by atoms with Crippen LogP contribution in [0.5, 0.6) is 0 Å². The van der Waals surface area contributed by atoms with E-state index in [0.717, 1.165) is 13.0 Å².